The van der Waals surface area contributed by atoms with Gasteiger partial charge in [0.25, 0.3) is 11.8 Å². The lowest BCUT2D eigenvalue weighted by molar-refractivity contribution is -0.135. The van der Waals surface area contributed by atoms with Crippen molar-refractivity contribution in [2.24, 2.45) is 0 Å². The third-order valence-electron chi connectivity index (χ3n) is 5.68. The van der Waals surface area contributed by atoms with Crippen LogP contribution in [0.3, 0.4) is 0 Å². The minimum absolute atomic E-state index is 0.261. The Morgan fingerprint density at radius 2 is 1.03 bits per heavy atom. The number of rotatable bonds is 10. The van der Waals surface area contributed by atoms with E-state index in [1.54, 1.807) is 28.2 Å². The number of benzene rings is 2. The second-order valence-corrected chi connectivity index (χ2v) is 8.94. The summed E-state index contributed by atoms with van der Waals surface area (Å²) in [7, 11) is 6.46. The van der Waals surface area contributed by atoms with Gasteiger partial charge >= 0.3 is 0 Å². The van der Waals surface area contributed by atoms with E-state index in [1.807, 2.05) is 60.7 Å². The normalized spacial score (nSPS) is 18.1. The Balaban J connectivity index is 1.62. The van der Waals surface area contributed by atoms with Crippen LogP contribution in [-0.4, -0.2) is 85.9 Å². The summed E-state index contributed by atoms with van der Waals surface area (Å²) in [5, 5.41) is 5.43. The van der Waals surface area contributed by atoms with Gasteiger partial charge in [0, 0.05) is 41.0 Å². The van der Waals surface area contributed by atoms with Gasteiger partial charge < -0.3 is 25.2 Å². The summed E-state index contributed by atoms with van der Waals surface area (Å²) in [6.07, 6.45) is -1.42. The quantitative estimate of drug-likeness (QED) is 0.478. The van der Waals surface area contributed by atoms with E-state index >= 15 is 0 Å². The number of nitrogens with one attached hydrogen (secondary N) is 2. The molecule has 0 spiro atoms. The number of nitrogens with zero attached hydrogens (tertiary/aromatic N) is 2. The van der Waals surface area contributed by atoms with Crippen LogP contribution in [0.1, 0.15) is 11.1 Å². The van der Waals surface area contributed by atoms with Crippen LogP contribution in [0.25, 0.3) is 0 Å². The smallest absolute Gasteiger partial charge is 0.253 e. The minimum Gasteiger partial charge on any atom is -0.349 e. The van der Waals surface area contributed by atoms with Crippen LogP contribution in [0.5, 0.6) is 0 Å². The first-order valence-corrected chi connectivity index (χ1v) is 11.4. The van der Waals surface area contributed by atoms with Crippen LogP contribution < -0.4 is 10.6 Å². The SMILES string of the molecule is CN(C)C(=O)C(Cc1ccccc1)NC(=O)C1OC1C(=O)NC(Cc1ccccc1)C(=O)N(C)C. The first-order chi connectivity index (χ1) is 16.7. The molecule has 9 heteroatoms. The van der Waals surface area contributed by atoms with E-state index in [0.29, 0.717) is 12.8 Å². The lowest BCUT2D eigenvalue weighted by atomic mass is 10.0. The Bertz CT molecular complexity index is 959. The summed E-state index contributed by atoms with van der Waals surface area (Å²) >= 11 is 0. The largest absolute Gasteiger partial charge is 0.349 e. The topological polar surface area (TPSA) is 111 Å². The molecule has 2 aromatic rings. The highest BCUT2D eigenvalue weighted by Crippen LogP contribution is 2.23. The molecule has 35 heavy (non-hydrogen) atoms. The molecule has 1 aliphatic heterocycles. The first kappa shape index (κ1) is 25.9. The van der Waals surface area contributed by atoms with Crippen molar-refractivity contribution >= 4 is 23.6 Å². The number of carbonyl (C=O) groups excluding carboxylic acids is 4. The van der Waals surface area contributed by atoms with E-state index in [1.165, 1.54) is 9.80 Å². The van der Waals surface area contributed by atoms with Crippen LogP contribution in [0.15, 0.2) is 60.7 Å². The molecule has 4 atom stereocenters. The Hall–Kier alpha value is -3.72. The highest BCUT2D eigenvalue weighted by atomic mass is 16.6. The third kappa shape index (κ3) is 7.13. The zero-order chi connectivity index (χ0) is 25.5. The maximum absolute atomic E-state index is 12.8. The van der Waals surface area contributed by atoms with Crippen LogP contribution in [-0.2, 0) is 36.8 Å². The molecule has 9 nitrogen and oxygen atoms in total. The third-order valence-corrected chi connectivity index (χ3v) is 5.68. The molecule has 1 fully saturated rings. The fourth-order valence-corrected chi connectivity index (χ4v) is 3.74. The van der Waals surface area contributed by atoms with E-state index in [9.17, 15) is 19.2 Å². The molecule has 1 heterocycles. The van der Waals surface area contributed by atoms with E-state index in [0.717, 1.165) is 11.1 Å². The van der Waals surface area contributed by atoms with Crippen LogP contribution in [0.2, 0.25) is 0 Å². The van der Waals surface area contributed by atoms with Gasteiger partial charge in [-0.15, -0.1) is 0 Å². The van der Waals surface area contributed by atoms with Crippen molar-refractivity contribution < 1.29 is 23.9 Å². The predicted octanol–water partition coefficient (Wildman–Crippen LogP) is 0.385. The van der Waals surface area contributed by atoms with E-state index in [-0.39, 0.29) is 11.8 Å². The lowest BCUT2D eigenvalue weighted by Crippen LogP contribution is -2.51. The number of likely N-dealkylation sites (N-methyl/N-ethyl adjacent to an activating group) is 2. The van der Waals surface area contributed by atoms with Gasteiger partial charge in [0.2, 0.25) is 11.8 Å². The standard InChI is InChI=1S/C26H32N4O5/c1-29(2)25(33)19(15-17-11-7-5-8-12-17)27-23(31)21-22(35-21)24(32)28-20(26(34)30(3)4)16-18-13-9-6-10-14-18/h5-14,19-22H,15-16H2,1-4H3,(H,27,31)(H,28,32). The molecule has 2 aromatic carbocycles. The monoisotopic (exact) mass is 480 g/mol. The molecule has 0 saturated carbocycles. The highest BCUT2D eigenvalue weighted by Gasteiger charge is 2.51. The van der Waals surface area contributed by atoms with E-state index in [2.05, 4.69) is 10.6 Å². The average Bonchev–Trinajstić information content (AvgIpc) is 3.65. The molecule has 1 saturated heterocycles. The van der Waals surface area contributed by atoms with Crippen molar-refractivity contribution in [1.29, 1.82) is 0 Å². The highest BCUT2D eigenvalue weighted by molar-refractivity contribution is 5.98. The number of hydrogen-bond donors (Lipinski definition) is 2. The lowest BCUT2D eigenvalue weighted by Gasteiger charge is -2.22. The first-order valence-electron chi connectivity index (χ1n) is 11.4. The van der Waals surface area contributed by atoms with E-state index in [4.69, 9.17) is 4.74 Å². The maximum atomic E-state index is 12.8. The van der Waals surface area contributed by atoms with Crippen molar-refractivity contribution in [3.05, 3.63) is 71.8 Å². The summed E-state index contributed by atoms with van der Waals surface area (Å²) in [5.41, 5.74) is 1.79. The average molecular weight is 481 g/mol. The molecule has 4 unspecified atom stereocenters. The van der Waals surface area contributed by atoms with Crippen LogP contribution in [0.4, 0.5) is 0 Å². The minimum atomic E-state index is -1.02. The van der Waals surface area contributed by atoms with Gasteiger partial charge in [-0.3, -0.25) is 19.2 Å². The molecule has 2 N–H and O–H groups in total. The van der Waals surface area contributed by atoms with Crippen molar-refractivity contribution in [1.82, 2.24) is 20.4 Å². The van der Waals surface area contributed by atoms with Gasteiger partial charge in [-0.05, 0) is 11.1 Å². The zero-order valence-electron chi connectivity index (χ0n) is 20.4. The van der Waals surface area contributed by atoms with Gasteiger partial charge in [-0.1, -0.05) is 60.7 Å². The van der Waals surface area contributed by atoms with E-state index < -0.39 is 36.1 Å². The molecule has 0 aliphatic carbocycles. The summed E-state index contributed by atoms with van der Waals surface area (Å²) in [6, 6.07) is 17.1. The Morgan fingerprint density at radius 1 is 0.686 bits per heavy atom. The van der Waals surface area contributed by atoms with Crippen LogP contribution in [0, 0.1) is 0 Å². The Labute approximate surface area is 205 Å². The summed E-state index contributed by atoms with van der Waals surface area (Å²) in [5.74, 6) is -1.61. The summed E-state index contributed by atoms with van der Waals surface area (Å²) < 4.78 is 5.35. The van der Waals surface area contributed by atoms with Crippen molar-refractivity contribution in [2.75, 3.05) is 28.2 Å². The number of carbonyl (C=O) groups is 4. The molecule has 0 aromatic heterocycles. The second kappa shape index (κ2) is 11.6. The maximum Gasteiger partial charge on any atom is 0.253 e. The Morgan fingerprint density at radius 3 is 1.34 bits per heavy atom. The number of hydrogen-bond acceptors (Lipinski definition) is 5. The fourth-order valence-electron chi connectivity index (χ4n) is 3.74. The summed E-state index contributed by atoms with van der Waals surface area (Å²) in [4.78, 5) is 53.7. The van der Waals surface area contributed by atoms with Gasteiger partial charge in [0.15, 0.2) is 12.2 Å². The van der Waals surface area contributed by atoms with Crippen molar-refractivity contribution in [3.8, 4) is 0 Å². The summed E-state index contributed by atoms with van der Waals surface area (Å²) in [6.45, 7) is 0. The van der Waals surface area contributed by atoms with Gasteiger partial charge in [0.05, 0.1) is 0 Å². The predicted molar refractivity (Wildman–Crippen MR) is 130 cm³/mol. The van der Waals surface area contributed by atoms with Gasteiger partial charge in [-0.2, -0.15) is 0 Å². The molecule has 0 radical (unpaired) electrons. The Kier molecular flexibility index (Phi) is 8.59. The number of ether oxygens (including phenoxy) is 1. The molecule has 3 rings (SSSR count). The van der Waals surface area contributed by atoms with Gasteiger partial charge in [-0.25, -0.2) is 0 Å². The zero-order valence-corrected chi connectivity index (χ0v) is 20.4. The molecule has 186 valence electrons. The fraction of sp³-hybridized carbons (Fsp3) is 0.385. The molecular weight excluding hydrogens is 448 g/mol. The molecule has 0 bridgehead atoms. The van der Waals surface area contributed by atoms with Crippen molar-refractivity contribution in [3.63, 3.8) is 0 Å². The molecule has 4 amide bonds. The second-order valence-electron chi connectivity index (χ2n) is 8.94. The van der Waals surface area contributed by atoms with Crippen molar-refractivity contribution in [2.45, 2.75) is 37.1 Å². The molecular formula is C26H32N4O5. The number of epoxide rings is 1. The van der Waals surface area contributed by atoms with Gasteiger partial charge in [0.1, 0.15) is 12.1 Å². The number of amides is 4. The molecule has 1 aliphatic rings. The van der Waals surface area contributed by atoms with Crippen LogP contribution >= 0.6 is 0 Å².